The van der Waals surface area contributed by atoms with Crippen molar-refractivity contribution >= 4 is 35.2 Å². The lowest BCUT2D eigenvalue weighted by atomic mass is 10.2. The molecule has 0 saturated heterocycles. The molecule has 10 heteroatoms. The van der Waals surface area contributed by atoms with Crippen LogP contribution in [-0.2, 0) is 4.79 Å². The van der Waals surface area contributed by atoms with E-state index in [0.717, 1.165) is 11.3 Å². The quantitative estimate of drug-likeness (QED) is 0.457. The summed E-state index contributed by atoms with van der Waals surface area (Å²) in [7, 11) is 0. The van der Waals surface area contributed by atoms with E-state index in [1.165, 1.54) is 11.8 Å². The van der Waals surface area contributed by atoms with Crippen LogP contribution in [0, 0.1) is 6.92 Å². The van der Waals surface area contributed by atoms with E-state index in [1.54, 1.807) is 35.3 Å². The summed E-state index contributed by atoms with van der Waals surface area (Å²) in [4.78, 5) is 26.4. The van der Waals surface area contributed by atoms with Crippen molar-refractivity contribution in [2.24, 2.45) is 0 Å². The minimum atomic E-state index is -0.425. The van der Waals surface area contributed by atoms with Crippen LogP contribution < -0.4 is 10.9 Å². The van der Waals surface area contributed by atoms with E-state index < -0.39 is 5.91 Å². The number of nitrogens with zero attached hydrogens (tertiary/aromatic N) is 3. The van der Waals surface area contributed by atoms with Crippen LogP contribution in [0.1, 0.15) is 16.1 Å². The number of hydrazine groups is 1. The molecule has 0 aliphatic carbocycles. The van der Waals surface area contributed by atoms with Gasteiger partial charge in [0.05, 0.1) is 11.4 Å². The Balaban J connectivity index is 1.57. The number of halogens is 1. The van der Waals surface area contributed by atoms with Crippen LogP contribution >= 0.6 is 23.4 Å². The normalized spacial score (nSPS) is 10.5. The summed E-state index contributed by atoms with van der Waals surface area (Å²) in [5, 5.41) is 9.07. The van der Waals surface area contributed by atoms with Crippen LogP contribution in [0.15, 0.2) is 48.0 Å². The molecule has 3 rings (SSSR count). The molecular weight excluding hydrogens is 376 g/mol. The first-order chi connectivity index (χ1) is 12.5. The lowest BCUT2D eigenvalue weighted by Crippen LogP contribution is -2.42. The molecule has 0 unspecified atom stereocenters. The predicted molar refractivity (Wildman–Crippen MR) is 98.2 cm³/mol. The Labute approximate surface area is 158 Å². The number of hydrogen-bond donors (Lipinski definition) is 3. The molecule has 3 N–H and O–H groups in total. The number of thioether (sulfide) groups is 1. The molecule has 2 heterocycles. The molecule has 134 valence electrons. The number of nitrogens with one attached hydrogen (secondary N) is 3. The smallest absolute Gasteiger partial charge is 0.286 e. The number of H-pyrrole nitrogens is 1. The molecule has 1 aromatic carbocycles. The number of aromatic amines is 1. The van der Waals surface area contributed by atoms with Crippen LogP contribution in [0.3, 0.4) is 0 Å². The minimum absolute atomic E-state index is 0.0588. The molecule has 2 aromatic heterocycles. The van der Waals surface area contributed by atoms with Gasteiger partial charge in [0.2, 0.25) is 5.91 Å². The second kappa shape index (κ2) is 8.07. The van der Waals surface area contributed by atoms with Crippen molar-refractivity contribution in [3.05, 3.63) is 59.1 Å². The number of carbonyl (C=O) groups excluding carboxylic acids is 2. The second-order valence-corrected chi connectivity index (χ2v) is 6.64. The van der Waals surface area contributed by atoms with Crippen LogP contribution in [0.5, 0.6) is 0 Å². The van der Waals surface area contributed by atoms with Gasteiger partial charge in [0.25, 0.3) is 5.91 Å². The van der Waals surface area contributed by atoms with E-state index in [2.05, 4.69) is 26.0 Å². The molecule has 3 aromatic rings. The first kappa shape index (κ1) is 18.0. The van der Waals surface area contributed by atoms with Crippen molar-refractivity contribution in [2.45, 2.75) is 12.1 Å². The van der Waals surface area contributed by atoms with E-state index in [-0.39, 0.29) is 11.7 Å². The maximum Gasteiger partial charge on any atom is 0.286 e. The summed E-state index contributed by atoms with van der Waals surface area (Å²) in [5.74, 6) is -0.735. The fourth-order valence-corrected chi connectivity index (χ4v) is 2.97. The third-order valence-corrected chi connectivity index (χ3v) is 4.79. The van der Waals surface area contributed by atoms with Gasteiger partial charge in [-0.25, -0.2) is 0 Å². The number of aryl methyl sites for hydroxylation is 1. The first-order valence-electron chi connectivity index (χ1n) is 7.56. The zero-order valence-electron chi connectivity index (χ0n) is 13.7. The number of benzene rings is 1. The number of carbonyl (C=O) groups is 2. The largest absolute Gasteiger partial charge is 0.357 e. The molecule has 26 heavy (non-hydrogen) atoms. The van der Waals surface area contributed by atoms with Gasteiger partial charge in [-0.15, -0.1) is 10.2 Å². The summed E-state index contributed by atoms with van der Waals surface area (Å²) >= 11 is 7.35. The molecule has 0 aliphatic heterocycles. The van der Waals surface area contributed by atoms with Gasteiger partial charge in [-0.1, -0.05) is 29.4 Å². The second-order valence-electron chi connectivity index (χ2n) is 5.29. The summed E-state index contributed by atoms with van der Waals surface area (Å²) in [5.41, 5.74) is 6.81. The Kier molecular flexibility index (Phi) is 5.59. The average molecular weight is 391 g/mol. The van der Waals surface area contributed by atoms with E-state index >= 15 is 0 Å². The summed E-state index contributed by atoms with van der Waals surface area (Å²) in [6, 6.07) is 8.89. The van der Waals surface area contributed by atoms with Crippen molar-refractivity contribution in [3.8, 4) is 5.69 Å². The van der Waals surface area contributed by atoms with Crippen molar-refractivity contribution in [1.82, 2.24) is 30.6 Å². The highest BCUT2D eigenvalue weighted by atomic mass is 35.5. The van der Waals surface area contributed by atoms with E-state index in [0.29, 0.717) is 15.9 Å². The van der Waals surface area contributed by atoms with E-state index in [9.17, 15) is 9.59 Å². The molecule has 0 atom stereocenters. The molecule has 8 nitrogen and oxygen atoms in total. The van der Waals surface area contributed by atoms with Crippen LogP contribution in [0.25, 0.3) is 5.69 Å². The van der Waals surface area contributed by atoms with Gasteiger partial charge in [-0.3, -0.25) is 25.0 Å². The minimum Gasteiger partial charge on any atom is -0.357 e. The average Bonchev–Trinajstić information content (AvgIpc) is 3.32. The summed E-state index contributed by atoms with van der Waals surface area (Å²) in [6.07, 6.45) is 3.17. The number of hydrogen-bond acceptors (Lipinski definition) is 5. The maximum atomic E-state index is 11.9. The van der Waals surface area contributed by atoms with Gasteiger partial charge in [0, 0.05) is 11.2 Å². The maximum absolute atomic E-state index is 11.9. The van der Waals surface area contributed by atoms with E-state index in [1.807, 2.05) is 19.1 Å². The van der Waals surface area contributed by atoms with Crippen molar-refractivity contribution in [2.75, 3.05) is 5.75 Å². The van der Waals surface area contributed by atoms with Crippen LogP contribution in [-0.4, -0.2) is 37.3 Å². The Bertz CT molecular complexity index is 925. The molecule has 2 amide bonds. The Morgan fingerprint density at radius 1 is 1.31 bits per heavy atom. The van der Waals surface area contributed by atoms with Gasteiger partial charge >= 0.3 is 0 Å². The number of aromatic nitrogens is 4. The Morgan fingerprint density at radius 2 is 2.15 bits per heavy atom. The molecule has 0 saturated carbocycles. The van der Waals surface area contributed by atoms with Gasteiger partial charge in [-0.2, -0.15) is 0 Å². The first-order valence-corrected chi connectivity index (χ1v) is 8.93. The molecule has 0 bridgehead atoms. The van der Waals surface area contributed by atoms with Crippen LogP contribution in [0.2, 0.25) is 5.02 Å². The van der Waals surface area contributed by atoms with Crippen LogP contribution in [0.4, 0.5) is 0 Å². The SMILES string of the molecule is Cc1ccc(-n2cnnc2SCC(=O)NNC(=O)c2ccc[nH]2)cc1Cl. The molecule has 0 fully saturated rings. The molecule has 0 radical (unpaired) electrons. The zero-order chi connectivity index (χ0) is 18.5. The lowest BCUT2D eigenvalue weighted by molar-refractivity contribution is -0.119. The predicted octanol–water partition coefficient (Wildman–Crippen LogP) is 2.11. The fraction of sp³-hybridized carbons (Fsp3) is 0.125. The zero-order valence-corrected chi connectivity index (χ0v) is 15.3. The number of rotatable bonds is 5. The standard InChI is InChI=1S/C16H15ClN6O2S/c1-10-4-5-11(7-12(10)17)23-9-19-22-16(23)26-8-14(24)20-21-15(25)13-3-2-6-18-13/h2-7,9,18H,8H2,1H3,(H,20,24)(H,21,25). The highest BCUT2D eigenvalue weighted by Gasteiger charge is 2.12. The third-order valence-electron chi connectivity index (χ3n) is 3.44. The third kappa shape index (κ3) is 4.24. The summed E-state index contributed by atoms with van der Waals surface area (Å²) in [6.45, 7) is 1.92. The highest BCUT2D eigenvalue weighted by molar-refractivity contribution is 7.99. The topological polar surface area (TPSA) is 105 Å². The Morgan fingerprint density at radius 3 is 2.88 bits per heavy atom. The molecular formula is C16H15ClN6O2S. The lowest BCUT2D eigenvalue weighted by Gasteiger charge is -2.08. The Hall–Kier alpha value is -2.78. The number of amides is 2. The fourth-order valence-electron chi connectivity index (χ4n) is 2.06. The van der Waals surface area contributed by atoms with Crippen molar-refractivity contribution in [3.63, 3.8) is 0 Å². The summed E-state index contributed by atoms with van der Waals surface area (Å²) < 4.78 is 1.74. The molecule has 0 spiro atoms. The van der Waals surface area contributed by atoms with Crippen molar-refractivity contribution < 1.29 is 9.59 Å². The van der Waals surface area contributed by atoms with Gasteiger partial charge < -0.3 is 4.98 Å². The van der Waals surface area contributed by atoms with Gasteiger partial charge in [-0.05, 0) is 36.8 Å². The van der Waals surface area contributed by atoms with E-state index in [4.69, 9.17) is 11.6 Å². The van der Waals surface area contributed by atoms with Gasteiger partial charge in [0.1, 0.15) is 12.0 Å². The monoisotopic (exact) mass is 390 g/mol. The highest BCUT2D eigenvalue weighted by Crippen LogP contribution is 2.23. The molecule has 0 aliphatic rings. The van der Waals surface area contributed by atoms with Gasteiger partial charge in [0.15, 0.2) is 5.16 Å². The van der Waals surface area contributed by atoms with Crippen molar-refractivity contribution in [1.29, 1.82) is 0 Å².